The minimum atomic E-state index is -0.109. The summed E-state index contributed by atoms with van der Waals surface area (Å²) in [5.41, 5.74) is 3.48. The topological polar surface area (TPSA) is 54.4 Å². The zero-order chi connectivity index (χ0) is 14.9. The van der Waals surface area contributed by atoms with Gasteiger partial charge in [0, 0.05) is 11.6 Å². The molecule has 1 N–H and O–H groups in total. The average Bonchev–Trinajstić information content (AvgIpc) is 2.52. The van der Waals surface area contributed by atoms with Gasteiger partial charge in [-0.15, -0.1) is 0 Å². The van der Waals surface area contributed by atoms with Gasteiger partial charge in [-0.1, -0.05) is 49.4 Å². The summed E-state index contributed by atoms with van der Waals surface area (Å²) in [5, 5.41) is 5.86. The van der Waals surface area contributed by atoms with E-state index < -0.39 is 0 Å². The molecule has 0 atom stereocenters. The van der Waals surface area contributed by atoms with Crippen LogP contribution in [0.5, 0.6) is 0 Å². The van der Waals surface area contributed by atoms with Crippen LogP contribution in [0.2, 0.25) is 0 Å². The van der Waals surface area contributed by atoms with E-state index in [-0.39, 0.29) is 5.91 Å². The summed E-state index contributed by atoms with van der Waals surface area (Å²) in [6.45, 7) is 2.12. The van der Waals surface area contributed by atoms with Crippen LogP contribution in [0.4, 0.5) is 0 Å². The van der Waals surface area contributed by atoms with Gasteiger partial charge in [-0.25, -0.2) is 10.4 Å². The molecule has 1 aromatic carbocycles. The van der Waals surface area contributed by atoms with Crippen LogP contribution in [0.1, 0.15) is 26.2 Å². The van der Waals surface area contributed by atoms with Crippen LogP contribution in [0.25, 0.3) is 10.9 Å². The lowest BCUT2D eigenvalue weighted by Crippen LogP contribution is -2.19. The molecule has 21 heavy (non-hydrogen) atoms. The molecular weight excluding hydrogens is 282 g/mol. The molecule has 0 fully saturated rings. The Bertz CT molecular complexity index is 628. The highest BCUT2D eigenvalue weighted by Gasteiger charge is 2.03. The first-order valence-corrected chi connectivity index (χ1v) is 8.07. The molecule has 110 valence electrons. The summed E-state index contributed by atoms with van der Waals surface area (Å²) < 4.78 is 0. The SMILES string of the molecule is CCCC/C=N/NC(=O)CSc1ccc2ccccc2n1. The Hall–Kier alpha value is -1.88. The predicted octanol–water partition coefficient (Wildman–Crippen LogP) is 3.62. The number of amides is 1. The van der Waals surface area contributed by atoms with Gasteiger partial charge in [0.1, 0.15) is 0 Å². The van der Waals surface area contributed by atoms with Crippen LogP contribution in [0.3, 0.4) is 0 Å². The van der Waals surface area contributed by atoms with Crippen molar-refractivity contribution >= 4 is 34.8 Å². The minimum absolute atomic E-state index is 0.109. The number of benzene rings is 1. The molecule has 0 spiro atoms. The molecular formula is C16H19N3OS. The molecule has 5 heteroatoms. The van der Waals surface area contributed by atoms with Gasteiger partial charge in [0.2, 0.25) is 5.91 Å². The molecule has 1 amide bonds. The highest BCUT2D eigenvalue weighted by Crippen LogP contribution is 2.19. The Morgan fingerprint density at radius 2 is 2.19 bits per heavy atom. The fourth-order valence-corrected chi connectivity index (χ4v) is 2.45. The largest absolute Gasteiger partial charge is 0.272 e. The van der Waals surface area contributed by atoms with Crippen molar-refractivity contribution in [3.63, 3.8) is 0 Å². The predicted molar refractivity (Wildman–Crippen MR) is 88.6 cm³/mol. The smallest absolute Gasteiger partial charge is 0.250 e. The van der Waals surface area contributed by atoms with Crippen molar-refractivity contribution in [1.82, 2.24) is 10.4 Å². The second-order valence-corrected chi connectivity index (χ2v) is 5.62. The molecule has 1 aromatic heterocycles. The van der Waals surface area contributed by atoms with E-state index in [0.717, 1.165) is 35.2 Å². The van der Waals surface area contributed by atoms with Crippen LogP contribution in [-0.4, -0.2) is 22.9 Å². The van der Waals surface area contributed by atoms with Crippen LogP contribution in [0.15, 0.2) is 46.5 Å². The van der Waals surface area contributed by atoms with Crippen molar-refractivity contribution in [2.45, 2.75) is 31.2 Å². The molecule has 0 aliphatic heterocycles. The number of carbonyl (C=O) groups is 1. The average molecular weight is 301 g/mol. The number of para-hydroxylation sites is 1. The van der Waals surface area contributed by atoms with Gasteiger partial charge in [0.05, 0.1) is 16.3 Å². The standard InChI is InChI=1S/C16H19N3OS/c1-2-3-6-11-17-19-15(20)12-21-16-10-9-13-7-4-5-8-14(13)18-16/h4-5,7-11H,2-3,6,12H2,1H3,(H,19,20)/b17-11+. The summed E-state index contributed by atoms with van der Waals surface area (Å²) >= 11 is 1.41. The summed E-state index contributed by atoms with van der Waals surface area (Å²) in [6, 6.07) is 11.9. The van der Waals surface area contributed by atoms with E-state index in [9.17, 15) is 4.79 Å². The Labute approximate surface area is 129 Å². The van der Waals surface area contributed by atoms with Gasteiger partial charge in [-0.2, -0.15) is 5.10 Å². The third-order valence-electron chi connectivity index (χ3n) is 2.89. The zero-order valence-electron chi connectivity index (χ0n) is 12.1. The fourth-order valence-electron chi connectivity index (χ4n) is 1.78. The second kappa shape index (κ2) is 8.42. The van der Waals surface area contributed by atoms with Gasteiger partial charge in [0.25, 0.3) is 0 Å². The normalized spacial score (nSPS) is 11.1. The molecule has 0 radical (unpaired) electrons. The van der Waals surface area contributed by atoms with E-state index in [1.54, 1.807) is 6.21 Å². The number of hydrogen-bond donors (Lipinski definition) is 1. The number of fused-ring (bicyclic) bond motifs is 1. The van der Waals surface area contributed by atoms with Crippen LogP contribution >= 0.6 is 11.8 Å². The van der Waals surface area contributed by atoms with Gasteiger partial charge in [0.15, 0.2) is 0 Å². The van der Waals surface area contributed by atoms with Crippen molar-refractivity contribution < 1.29 is 4.79 Å². The molecule has 0 saturated carbocycles. The van der Waals surface area contributed by atoms with E-state index in [4.69, 9.17) is 0 Å². The zero-order valence-corrected chi connectivity index (χ0v) is 12.9. The molecule has 0 bridgehead atoms. The first-order valence-electron chi connectivity index (χ1n) is 7.08. The van der Waals surface area contributed by atoms with Gasteiger partial charge < -0.3 is 0 Å². The number of nitrogens with zero attached hydrogens (tertiary/aromatic N) is 2. The van der Waals surface area contributed by atoms with Crippen LogP contribution in [-0.2, 0) is 4.79 Å². The van der Waals surface area contributed by atoms with E-state index in [2.05, 4.69) is 22.4 Å². The van der Waals surface area contributed by atoms with Crippen LogP contribution in [0, 0.1) is 0 Å². The molecule has 0 aliphatic rings. The molecule has 0 aliphatic carbocycles. The Morgan fingerprint density at radius 1 is 1.33 bits per heavy atom. The van der Waals surface area contributed by atoms with Crippen molar-refractivity contribution in [3.8, 4) is 0 Å². The molecule has 2 rings (SSSR count). The number of aromatic nitrogens is 1. The van der Waals surface area contributed by atoms with E-state index in [1.165, 1.54) is 11.8 Å². The maximum atomic E-state index is 11.6. The quantitative estimate of drug-likeness (QED) is 0.368. The van der Waals surface area contributed by atoms with Crippen molar-refractivity contribution in [2.24, 2.45) is 5.10 Å². The van der Waals surface area contributed by atoms with Gasteiger partial charge in [-0.3, -0.25) is 4.79 Å². The fraction of sp³-hybridized carbons (Fsp3) is 0.312. The monoisotopic (exact) mass is 301 g/mol. The number of pyridine rings is 1. The third kappa shape index (κ3) is 5.19. The minimum Gasteiger partial charge on any atom is -0.272 e. The lowest BCUT2D eigenvalue weighted by atomic mass is 10.2. The number of rotatable bonds is 7. The Morgan fingerprint density at radius 3 is 3.05 bits per heavy atom. The van der Waals surface area contributed by atoms with E-state index in [1.807, 2.05) is 36.4 Å². The lowest BCUT2D eigenvalue weighted by molar-refractivity contribution is -0.118. The Kier molecular flexibility index (Phi) is 6.22. The first-order chi connectivity index (χ1) is 10.3. The highest BCUT2D eigenvalue weighted by atomic mass is 32.2. The number of hydrazone groups is 1. The molecule has 1 heterocycles. The molecule has 2 aromatic rings. The Balaban J connectivity index is 1.81. The number of carbonyl (C=O) groups excluding carboxylic acids is 1. The molecule has 0 saturated heterocycles. The maximum Gasteiger partial charge on any atom is 0.250 e. The van der Waals surface area contributed by atoms with Crippen molar-refractivity contribution in [2.75, 3.05) is 5.75 Å². The number of nitrogens with one attached hydrogen (secondary N) is 1. The van der Waals surface area contributed by atoms with Crippen LogP contribution < -0.4 is 5.43 Å². The first kappa shape index (κ1) is 15.5. The third-order valence-corrected chi connectivity index (χ3v) is 3.82. The number of unbranched alkanes of at least 4 members (excludes halogenated alkanes) is 2. The van der Waals surface area contributed by atoms with E-state index >= 15 is 0 Å². The summed E-state index contributed by atoms with van der Waals surface area (Å²) in [5.74, 6) is 0.207. The van der Waals surface area contributed by atoms with E-state index in [0.29, 0.717) is 5.75 Å². The highest BCUT2D eigenvalue weighted by molar-refractivity contribution is 7.99. The van der Waals surface area contributed by atoms with Gasteiger partial charge in [-0.05, 0) is 25.0 Å². The number of hydrogen-bond acceptors (Lipinski definition) is 4. The second-order valence-electron chi connectivity index (χ2n) is 4.62. The number of thioether (sulfide) groups is 1. The summed E-state index contributed by atoms with van der Waals surface area (Å²) in [7, 11) is 0. The maximum absolute atomic E-state index is 11.6. The van der Waals surface area contributed by atoms with Crippen molar-refractivity contribution in [3.05, 3.63) is 36.4 Å². The molecule has 0 unspecified atom stereocenters. The van der Waals surface area contributed by atoms with Gasteiger partial charge >= 0.3 is 0 Å². The lowest BCUT2D eigenvalue weighted by Gasteiger charge is -2.02. The molecule has 4 nitrogen and oxygen atoms in total. The summed E-state index contributed by atoms with van der Waals surface area (Å²) in [6.07, 6.45) is 4.87. The summed E-state index contributed by atoms with van der Waals surface area (Å²) in [4.78, 5) is 16.2. The van der Waals surface area contributed by atoms with Crippen molar-refractivity contribution in [1.29, 1.82) is 0 Å².